The minimum absolute atomic E-state index is 0.161. The average molecular weight is 385 g/mol. The molecule has 2 aromatic carbocycles. The van der Waals surface area contributed by atoms with Crippen molar-refractivity contribution in [3.05, 3.63) is 60.2 Å². The maximum atomic E-state index is 11.6. The number of nitrogens with one attached hydrogen (secondary N) is 1. The average Bonchev–Trinajstić information content (AvgIpc) is 2.70. The van der Waals surface area contributed by atoms with E-state index in [2.05, 4.69) is 46.6 Å². The van der Waals surface area contributed by atoms with Crippen molar-refractivity contribution >= 4 is 23.7 Å². The summed E-state index contributed by atoms with van der Waals surface area (Å²) in [7, 11) is 0. The third kappa shape index (κ3) is 6.29. The van der Waals surface area contributed by atoms with Crippen molar-refractivity contribution in [2.45, 2.75) is 50.1 Å². The molecule has 5 heteroatoms. The Balaban J connectivity index is 1.49. The third-order valence-corrected chi connectivity index (χ3v) is 5.57. The number of hydrogen-bond donors (Lipinski definition) is 1. The van der Waals surface area contributed by atoms with Gasteiger partial charge in [0.1, 0.15) is 0 Å². The predicted octanol–water partition coefficient (Wildman–Crippen LogP) is 5.11. The van der Waals surface area contributed by atoms with E-state index in [1.54, 1.807) is 0 Å². The highest BCUT2D eigenvalue weighted by Crippen LogP contribution is 2.30. The van der Waals surface area contributed by atoms with E-state index in [0.29, 0.717) is 12.5 Å². The van der Waals surface area contributed by atoms with Crippen molar-refractivity contribution in [3.8, 4) is 0 Å². The third-order valence-electron chi connectivity index (χ3n) is 4.76. The number of rotatable bonds is 8. The molecule has 1 fully saturated rings. The molecule has 0 unspecified atom stereocenters. The first kappa shape index (κ1) is 19.8. The van der Waals surface area contributed by atoms with E-state index in [4.69, 9.17) is 4.18 Å². The summed E-state index contributed by atoms with van der Waals surface area (Å²) in [5, 5.41) is 3.65. The summed E-state index contributed by atoms with van der Waals surface area (Å²) in [6.07, 6.45) is 3.49. The van der Waals surface area contributed by atoms with Gasteiger partial charge in [0.05, 0.1) is 22.6 Å². The van der Waals surface area contributed by atoms with E-state index in [1.807, 2.05) is 25.1 Å². The molecule has 4 nitrogen and oxygen atoms in total. The molecule has 0 aliphatic carbocycles. The number of nitrogens with zero attached hydrogens (tertiary/aromatic N) is 1. The second-order valence-electron chi connectivity index (χ2n) is 6.97. The largest absolute Gasteiger partial charge is 0.386 e. The lowest BCUT2D eigenvalue weighted by molar-refractivity contribution is -0.133. The Bertz CT molecular complexity index is 715. The number of benzene rings is 2. The monoisotopic (exact) mass is 384 g/mol. The van der Waals surface area contributed by atoms with Crippen LogP contribution in [-0.2, 0) is 15.5 Å². The fourth-order valence-corrected chi connectivity index (χ4v) is 3.91. The zero-order valence-electron chi connectivity index (χ0n) is 15.9. The fourth-order valence-electron chi connectivity index (χ4n) is 3.29. The molecule has 0 aromatic heterocycles. The van der Waals surface area contributed by atoms with Crippen LogP contribution in [0.1, 0.15) is 38.2 Å². The molecule has 2 aromatic rings. The van der Waals surface area contributed by atoms with Gasteiger partial charge in [0.2, 0.25) is 0 Å². The molecule has 0 bridgehead atoms. The van der Waals surface area contributed by atoms with Crippen molar-refractivity contribution < 1.29 is 8.98 Å². The zero-order valence-corrected chi connectivity index (χ0v) is 16.7. The molecule has 1 aliphatic rings. The number of likely N-dealkylation sites (tertiary alicyclic amines) is 1. The smallest absolute Gasteiger partial charge is 0.318 e. The topological polar surface area (TPSA) is 41.6 Å². The maximum Gasteiger partial charge on any atom is 0.318 e. The van der Waals surface area contributed by atoms with Crippen LogP contribution in [0.15, 0.2) is 59.5 Å². The van der Waals surface area contributed by atoms with Crippen LogP contribution in [0, 0.1) is 0 Å². The van der Waals surface area contributed by atoms with Crippen LogP contribution in [0.3, 0.4) is 0 Å². The normalized spacial score (nSPS) is 15.4. The summed E-state index contributed by atoms with van der Waals surface area (Å²) >= 11 is 1.16. The Kier molecular flexibility index (Phi) is 7.60. The first-order valence-corrected chi connectivity index (χ1v) is 10.5. The number of piperidine rings is 1. The Labute approximate surface area is 166 Å². The number of hydrogen-bond acceptors (Lipinski definition) is 5. The number of carbonyl (C=O) groups is 1. The molecule has 0 amide bonds. The second-order valence-corrected chi connectivity index (χ2v) is 7.74. The van der Waals surface area contributed by atoms with Crippen LogP contribution in [0.25, 0.3) is 0 Å². The van der Waals surface area contributed by atoms with Gasteiger partial charge in [-0.3, -0.25) is 9.69 Å². The molecule has 1 heterocycles. The van der Waals surface area contributed by atoms with Gasteiger partial charge in [-0.15, -0.1) is 0 Å². The van der Waals surface area contributed by atoms with E-state index in [1.165, 1.54) is 5.56 Å². The van der Waals surface area contributed by atoms with Gasteiger partial charge in [-0.2, -0.15) is 0 Å². The molecular formula is C22H28N2O2S. The molecule has 0 atom stereocenters. The van der Waals surface area contributed by atoms with Crippen molar-refractivity contribution in [1.29, 1.82) is 0 Å². The van der Waals surface area contributed by atoms with E-state index in [0.717, 1.165) is 61.5 Å². The molecule has 3 rings (SSSR count). The maximum absolute atomic E-state index is 11.6. The summed E-state index contributed by atoms with van der Waals surface area (Å²) in [4.78, 5) is 15.1. The van der Waals surface area contributed by atoms with Crippen LogP contribution in [-0.4, -0.2) is 30.0 Å². The van der Waals surface area contributed by atoms with Gasteiger partial charge in [-0.05, 0) is 37.0 Å². The van der Waals surface area contributed by atoms with E-state index >= 15 is 0 Å². The Hall–Kier alpha value is -1.98. The van der Waals surface area contributed by atoms with Crippen LogP contribution in [0.4, 0.5) is 5.69 Å². The minimum atomic E-state index is -0.161. The highest BCUT2D eigenvalue weighted by Gasteiger charge is 2.20. The molecule has 1 N–H and O–H groups in total. The Morgan fingerprint density at radius 3 is 2.56 bits per heavy atom. The second kappa shape index (κ2) is 10.4. The summed E-state index contributed by atoms with van der Waals surface area (Å²) < 4.78 is 5.31. The van der Waals surface area contributed by atoms with Gasteiger partial charge in [0.25, 0.3) is 0 Å². The Morgan fingerprint density at radius 1 is 1.11 bits per heavy atom. The van der Waals surface area contributed by atoms with Gasteiger partial charge in [-0.25, -0.2) is 0 Å². The van der Waals surface area contributed by atoms with Gasteiger partial charge in [0.15, 0.2) is 0 Å². The van der Waals surface area contributed by atoms with Gasteiger partial charge in [-0.1, -0.05) is 49.4 Å². The molecule has 1 aliphatic heterocycles. The number of carbonyl (C=O) groups excluding carboxylic acids is 1. The number of anilines is 1. The lowest BCUT2D eigenvalue weighted by Crippen LogP contribution is -2.38. The van der Waals surface area contributed by atoms with Crippen LogP contribution in [0.2, 0.25) is 0 Å². The summed E-state index contributed by atoms with van der Waals surface area (Å²) in [6, 6.07) is 19.2. The quantitative estimate of drug-likeness (QED) is 0.640. The molecule has 0 spiro atoms. The van der Waals surface area contributed by atoms with Crippen molar-refractivity contribution in [2.75, 3.05) is 18.4 Å². The summed E-state index contributed by atoms with van der Waals surface area (Å²) in [5.41, 5.74) is 2.42. The lowest BCUT2D eigenvalue weighted by atomic mass is 10.0. The van der Waals surface area contributed by atoms with E-state index < -0.39 is 0 Å². The minimum Gasteiger partial charge on any atom is -0.386 e. The molecule has 27 heavy (non-hydrogen) atoms. The van der Waals surface area contributed by atoms with Crippen LogP contribution < -0.4 is 5.32 Å². The first-order chi connectivity index (χ1) is 13.2. The Morgan fingerprint density at radius 2 is 1.81 bits per heavy atom. The van der Waals surface area contributed by atoms with Gasteiger partial charge >= 0.3 is 5.97 Å². The molecule has 1 saturated heterocycles. The van der Waals surface area contributed by atoms with Gasteiger partial charge < -0.3 is 9.50 Å². The van der Waals surface area contributed by atoms with Crippen molar-refractivity contribution in [2.24, 2.45) is 0 Å². The van der Waals surface area contributed by atoms with Crippen LogP contribution in [0.5, 0.6) is 0 Å². The highest BCUT2D eigenvalue weighted by atomic mass is 32.2. The fraction of sp³-hybridized carbons (Fsp3) is 0.409. The molecule has 0 radical (unpaired) electrons. The predicted molar refractivity (Wildman–Crippen MR) is 112 cm³/mol. The zero-order chi connectivity index (χ0) is 18.9. The summed E-state index contributed by atoms with van der Waals surface area (Å²) in [6.45, 7) is 5.18. The summed E-state index contributed by atoms with van der Waals surface area (Å²) in [5.74, 6) is -0.161. The van der Waals surface area contributed by atoms with Crippen molar-refractivity contribution in [3.63, 3.8) is 0 Å². The van der Waals surface area contributed by atoms with Gasteiger partial charge in [0, 0.05) is 32.1 Å². The van der Waals surface area contributed by atoms with E-state index in [-0.39, 0.29) is 5.97 Å². The molecule has 0 saturated carbocycles. The number of para-hydroxylation sites is 1. The lowest BCUT2D eigenvalue weighted by Gasteiger charge is -2.33. The standard InChI is InChI=1S/C22H28N2O2S/c1-2-8-22(25)26-27-21-12-7-6-11-20(21)23-19-13-15-24(16-14-19)17-18-9-4-3-5-10-18/h3-7,9-12,19,23H,2,8,13-17H2,1H3. The molecule has 144 valence electrons. The SMILES string of the molecule is CCCC(=O)OSc1ccccc1NC1CCN(Cc2ccccc2)CC1. The van der Waals surface area contributed by atoms with Crippen molar-refractivity contribution in [1.82, 2.24) is 4.90 Å². The highest BCUT2D eigenvalue weighted by molar-refractivity contribution is 7.95. The first-order valence-electron chi connectivity index (χ1n) is 9.74. The molecular weight excluding hydrogens is 356 g/mol. The van der Waals surface area contributed by atoms with Crippen LogP contribution >= 0.6 is 12.0 Å². The van der Waals surface area contributed by atoms with E-state index in [9.17, 15) is 4.79 Å².